The summed E-state index contributed by atoms with van der Waals surface area (Å²) in [6.07, 6.45) is 4.47. The maximum absolute atomic E-state index is 4.56. The third-order valence-corrected chi connectivity index (χ3v) is 4.60. The Morgan fingerprint density at radius 3 is 2.48 bits per heavy atom. The fourth-order valence-corrected chi connectivity index (χ4v) is 3.04. The minimum Gasteiger partial charge on any atom is -0.312 e. The first-order valence-corrected chi connectivity index (χ1v) is 8.58. The van der Waals surface area contributed by atoms with Crippen LogP contribution in [0, 0.1) is 0 Å². The molecule has 2 nitrogen and oxygen atoms in total. The first-order valence-electron chi connectivity index (χ1n) is 7.77. The van der Waals surface area contributed by atoms with E-state index in [1.807, 2.05) is 6.20 Å². The molecule has 21 heavy (non-hydrogen) atoms. The molecule has 0 bridgehead atoms. The summed E-state index contributed by atoms with van der Waals surface area (Å²) >= 11 is 1.78. The van der Waals surface area contributed by atoms with Crippen LogP contribution in [0.2, 0.25) is 0 Å². The van der Waals surface area contributed by atoms with E-state index in [1.54, 1.807) is 11.3 Å². The number of unbranched alkanes of at least 4 members (excludes halogenated alkanes) is 1. The molecule has 0 saturated carbocycles. The second-order valence-corrected chi connectivity index (χ2v) is 7.60. The van der Waals surface area contributed by atoms with Gasteiger partial charge in [-0.15, -0.1) is 11.3 Å². The summed E-state index contributed by atoms with van der Waals surface area (Å²) in [7, 11) is 0. The molecule has 114 valence electrons. The number of aromatic nitrogens is 1. The maximum atomic E-state index is 4.56. The van der Waals surface area contributed by atoms with E-state index in [2.05, 4.69) is 62.3 Å². The van der Waals surface area contributed by atoms with Gasteiger partial charge < -0.3 is 5.32 Å². The first-order chi connectivity index (χ1) is 10.0. The van der Waals surface area contributed by atoms with Crippen molar-refractivity contribution in [1.29, 1.82) is 0 Å². The molecule has 1 heterocycles. The molecule has 0 aliphatic rings. The highest BCUT2D eigenvalue weighted by Gasteiger charge is 2.13. The zero-order valence-electron chi connectivity index (χ0n) is 13.6. The fourth-order valence-electron chi connectivity index (χ4n) is 2.15. The van der Waals surface area contributed by atoms with Crippen molar-refractivity contribution in [3.05, 3.63) is 40.9 Å². The Bertz CT molecular complexity index is 549. The summed E-state index contributed by atoms with van der Waals surface area (Å²) in [5.74, 6) is 0. The lowest BCUT2D eigenvalue weighted by atomic mass is 9.87. The van der Waals surface area contributed by atoms with E-state index >= 15 is 0 Å². The van der Waals surface area contributed by atoms with Gasteiger partial charge in [-0.3, -0.25) is 0 Å². The average Bonchev–Trinajstić information content (AvgIpc) is 2.92. The van der Waals surface area contributed by atoms with Crippen molar-refractivity contribution in [2.75, 3.05) is 6.54 Å². The number of rotatable bonds is 6. The predicted octanol–water partition coefficient (Wildman–Crippen LogP) is 5.00. The van der Waals surface area contributed by atoms with Crippen LogP contribution < -0.4 is 5.32 Å². The normalized spacial score (nSPS) is 11.8. The van der Waals surface area contributed by atoms with Crippen molar-refractivity contribution in [3.8, 4) is 10.6 Å². The van der Waals surface area contributed by atoms with Gasteiger partial charge in [0.25, 0.3) is 0 Å². The molecule has 2 aromatic rings. The van der Waals surface area contributed by atoms with Crippen LogP contribution in [-0.2, 0) is 12.0 Å². The number of benzene rings is 1. The highest BCUT2D eigenvalue weighted by Crippen LogP contribution is 2.28. The molecule has 1 aromatic heterocycles. The van der Waals surface area contributed by atoms with Gasteiger partial charge in [-0.25, -0.2) is 4.98 Å². The highest BCUT2D eigenvalue weighted by atomic mass is 32.1. The predicted molar refractivity (Wildman–Crippen MR) is 92.9 cm³/mol. The van der Waals surface area contributed by atoms with Crippen LogP contribution in [0.4, 0.5) is 0 Å². The van der Waals surface area contributed by atoms with Gasteiger partial charge >= 0.3 is 0 Å². The second-order valence-electron chi connectivity index (χ2n) is 6.49. The number of nitrogens with one attached hydrogen (secondary N) is 1. The molecule has 3 heteroatoms. The van der Waals surface area contributed by atoms with E-state index in [0.717, 1.165) is 18.1 Å². The van der Waals surface area contributed by atoms with Crippen molar-refractivity contribution in [2.45, 2.75) is 52.5 Å². The lowest BCUT2D eigenvalue weighted by Gasteiger charge is -2.18. The van der Waals surface area contributed by atoms with E-state index in [-0.39, 0.29) is 5.41 Å². The molecule has 0 amide bonds. The van der Waals surface area contributed by atoms with Crippen LogP contribution in [0.3, 0.4) is 0 Å². The molecule has 1 N–H and O–H groups in total. The van der Waals surface area contributed by atoms with E-state index in [0.29, 0.717) is 0 Å². The molecule has 2 rings (SSSR count). The van der Waals surface area contributed by atoms with Crippen LogP contribution in [-0.4, -0.2) is 11.5 Å². The minimum atomic E-state index is 0.204. The van der Waals surface area contributed by atoms with Crippen LogP contribution in [0.15, 0.2) is 30.5 Å². The molecular formula is C18H26N2S. The Labute approximate surface area is 132 Å². The Morgan fingerprint density at radius 1 is 1.14 bits per heavy atom. The van der Waals surface area contributed by atoms with E-state index in [4.69, 9.17) is 0 Å². The molecule has 0 radical (unpaired) electrons. The average molecular weight is 302 g/mol. The van der Waals surface area contributed by atoms with Crippen LogP contribution in [0.25, 0.3) is 10.6 Å². The first kappa shape index (κ1) is 16.2. The van der Waals surface area contributed by atoms with Gasteiger partial charge in [0.1, 0.15) is 5.01 Å². The lowest BCUT2D eigenvalue weighted by Crippen LogP contribution is -2.13. The van der Waals surface area contributed by atoms with Crippen LogP contribution in [0.1, 0.15) is 51.0 Å². The smallest absolute Gasteiger partial charge is 0.123 e. The third kappa shape index (κ3) is 4.65. The van der Waals surface area contributed by atoms with Gasteiger partial charge in [-0.05, 0) is 23.9 Å². The van der Waals surface area contributed by atoms with E-state index < -0.39 is 0 Å². The van der Waals surface area contributed by atoms with Crippen LogP contribution in [0.5, 0.6) is 0 Å². The Balaban J connectivity index is 2.00. The quantitative estimate of drug-likeness (QED) is 0.760. The third-order valence-electron chi connectivity index (χ3n) is 3.56. The monoisotopic (exact) mass is 302 g/mol. The summed E-state index contributed by atoms with van der Waals surface area (Å²) < 4.78 is 0. The SMILES string of the molecule is CCCCNCc1cnc(-c2ccc(C(C)(C)C)cc2)s1. The molecular weight excluding hydrogens is 276 g/mol. The highest BCUT2D eigenvalue weighted by molar-refractivity contribution is 7.15. The summed E-state index contributed by atoms with van der Waals surface area (Å²) in [5, 5.41) is 4.58. The molecule has 0 atom stereocenters. The molecule has 0 spiro atoms. The van der Waals surface area contributed by atoms with E-state index in [9.17, 15) is 0 Å². The van der Waals surface area contributed by atoms with Crippen molar-refractivity contribution >= 4 is 11.3 Å². The van der Waals surface area contributed by atoms with Gasteiger partial charge in [0, 0.05) is 23.2 Å². The molecule has 0 aliphatic carbocycles. The zero-order valence-corrected chi connectivity index (χ0v) is 14.4. The Kier molecular flexibility index (Phi) is 5.54. The van der Waals surface area contributed by atoms with Gasteiger partial charge in [-0.2, -0.15) is 0 Å². The minimum absolute atomic E-state index is 0.204. The largest absolute Gasteiger partial charge is 0.312 e. The van der Waals surface area contributed by atoms with Crippen molar-refractivity contribution < 1.29 is 0 Å². The summed E-state index contributed by atoms with van der Waals surface area (Å²) in [6, 6.07) is 8.81. The lowest BCUT2D eigenvalue weighted by molar-refractivity contribution is 0.590. The van der Waals surface area contributed by atoms with Crippen LogP contribution >= 0.6 is 11.3 Å². The fraction of sp³-hybridized carbons (Fsp3) is 0.500. The standard InChI is InChI=1S/C18H26N2S/c1-5-6-11-19-12-16-13-20-17(21-16)14-7-9-15(10-8-14)18(2,3)4/h7-10,13,19H,5-6,11-12H2,1-4H3. The second kappa shape index (κ2) is 7.19. The van der Waals surface area contributed by atoms with Gasteiger partial charge in [0.2, 0.25) is 0 Å². The number of hydrogen-bond acceptors (Lipinski definition) is 3. The summed E-state index contributed by atoms with van der Waals surface area (Å²) in [5.41, 5.74) is 2.78. The number of nitrogens with zero attached hydrogens (tertiary/aromatic N) is 1. The Morgan fingerprint density at radius 2 is 1.86 bits per heavy atom. The topological polar surface area (TPSA) is 24.9 Å². The molecule has 0 aliphatic heterocycles. The number of hydrogen-bond donors (Lipinski definition) is 1. The van der Waals surface area contributed by atoms with Crippen molar-refractivity contribution in [3.63, 3.8) is 0 Å². The molecule has 0 saturated heterocycles. The van der Waals surface area contributed by atoms with Gasteiger partial charge in [0.15, 0.2) is 0 Å². The molecule has 0 fully saturated rings. The van der Waals surface area contributed by atoms with Gasteiger partial charge in [0.05, 0.1) is 0 Å². The van der Waals surface area contributed by atoms with Crippen molar-refractivity contribution in [2.24, 2.45) is 0 Å². The summed E-state index contributed by atoms with van der Waals surface area (Å²) in [4.78, 5) is 5.86. The summed E-state index contributed by atoms with van der Waals surface area (Å²) in [6.45, 7) is 11.0. The maximum Gasteiger partial charge on any atom is 0.123 e. The molecule has 1 aromatic carbocycles. The molecule has 0 unspecified atom stereocenters. The number of thiazole rings is 1. The zero-order chi connectivity index (χ0) is 15.3. The van der Waals surface area contributed by atoms with Crippen molar-refractivity contribution in [1.82, 2.24) is 10.3 Å². The van der Waals surface area contributed by atoms with Gasteiger partial charge in [-0.1, -0.05) is 58.4 Å². The Hall–Kier alpha value is -1.19. The van der Waals surface area contributed by atoms with E-state index in [1.165, 1.54) is 28.8 Å².